The molecular formula is C30H44BF3N6O5. The fourth-order valence-corrected chi connectivity index (χ4v) is 4.63. The topological polar surface area (TPSA) is 186 Å². The Kier molecular flexibility index (Phi) is 14.5. The number of carbonyl (C=O) groups excluding carboxylic acids is 3. The lowest BCUT2D eigenvalue weighted by Crippen LogP contribution is -2.45. The van der Waals surface area contributed by atoms with E-state index in [2.05, 4.69) is 10.6 Å². The first kappa shape index (κ1) is 37.7. The van der Waals surface area contributed by atoms with E-state index in [1.807, 2.05) is 20.8 Å². The average Bonchev–Trinajstić information content (AvgIpc) is 3.24. The van der Waals surface area contributed by atoms with Crippen LogP contribution in [0.2, 0.25) is 0 Å². The lowest BCUT2D eigenvalue weighted by Gasteiger charge is -2.22. The van der Waals surface area contributed by atoms with Gasteiger partial charge >= 0.3 is 13.3 Å². The molecule has 0 saturated heterocycles. The number of nitrogens with zero attached hydrogens (tertiary/aromatic N) is 1. The molecule has 2 aromatic rings. The maximum absolute atomic E-state index is 12.4. The Morgan fingerprint density at radius 3 is 2.18 bits per heavy atom. The number of hydrogen-bond donors (Lipinski definition) is 6. The van der Waals surface area contributed by atoms with Crippen molar-refractivity contribution in [3.8, 4) is 0 Å². The van der Waals surface area contributed by atoms with Crippen molar-refractivity contribution >= 4 is 30.3 Å². The molecule has 248 valence electrons. The maximum Gasteiger partial charge on any atom is 0.492 e. The number of nitrogens with one attached hydrogen (secondary N) is 2. The second kappa shape index (κ2) is 17.3. The molecule has 0 bridgehead atoms. The molecule has 0 fully saturated rings. The van der Waals surface area contributed by atoms with Crippen LogP contribution in [0.25, 0.3) is 0 Å². The Labute approximate surface area is 262 Å². The van der Waals surface area contributed by atoms with Crippen LogP contribution < -0.4 is 33.3 Å². The molecule has 3 rings (SSSR count). The lowest BCUT2D eigenvalue weighted by molar-refractivity contribution is -0.137. The van der Waals surface area contributed by atoms with Gasteiger partial charge in [0.15, 0.2) is 0 Å². The predicted molar refractivity (Wildman–Crippen MR) is 166 cm³/mol. The fraction of sp³-hybridized carbons (Fsp3) is 0.500. The molecule has 1 unspecified atom stereocenters. The molecule has 45 heavy (non-hydrogen) atoms. The van der Waals surface area contributed by atoms with E-state index in [0.717, 1.165) is 29.7 Å². The Morgan fingerprint density at radius 2 is 1.62 bits per heavy atom. The minimum Gasteiger partial charge on any atom is -0.423 e. The molecular weight excluding hydrogens is 592 g/mol. The minimum atomic E-state index is -4.22. The van der Waals surface area contributed by atoms with E-state index in [9.17, 15) is 32.6 Å². The molecule has 0 spiro atoms. The van der Waals surface area contributed by atoms with Gasteiger partial charge in [-0.2, -0.15) is 13.2 Å². The summed E-state index contributed by atoms with van der Waals surface area (Å²) < 4.78 is 41.6. The summed E-state index contributed by atoms with van der Waals surface area (Å²) in [5.74, 6) is -0.880. The first-order valence-corrected chi connectivity index (χ1v) is 14.8. The number of amides is 3. The van der Waals surface area contributed by atoms with Crippen molar-refractivity contribution in [2.75, 3.05) is 39.3 Å². The van der Waals surface area contributed by atoms with Gasteiger partial charge < -0.3 is 42.4 Å². The lowest BCUT2D eigenvalue weighted by atomic mass is 9.77. The standard InChI is InChI=1S/C21H35BN6O5.C9H9F3/c1-21(2)15-4-3-14(13-16(15)22(32)33-21)19(30)26-9-10-27-20(31)17(25)5-6-18(29)28(11-7-23)12-8-24;1-2-7-3-5-8(6-4-7)9(10,11)12/h3-4,13,17,32H,5-12,23-25H2,1-2H3,(H,26,30)(H,27,31);3-6H,2H2,1H3. The molecule has 3 amide bonds. The van der Waals surface area contributed by atoms with Crippen molar-refractivity contribution < 1.29 is 37.2 Å². The number of benzene rings is 2. The normalized spacial score (nSPS) is 14.1. The Morgan fingerprint density at radius 1 is 1.02 bits per heavy atom. The summed E-state index contributed by atoms with van der Waals surface area (Å²) >= 11 is 0. The average molecular weight is 637 g/mol. The number of alkyl halides is 3. The van der Waals surface area contributed by atoms with Crippen LogP contribution in [-0.4, -0.2) is 80.1 Å². The Balaban J connectivity index is 0.000000490. The van der Waals surface area contributed by atoms with Crippen LogP contribution in [0.1, 0.15) is 60.7 Å². The van der Waals surface area contributed by atoms with Gasteiger partial charge in [-0.05, 0) is 67.5 Å². The molecule has 15 heteroatoms. The van der Waals surface area contributed by atoms with Crippen LogP contribution in [0, 0.1) is 0 Å². The van der Waals surface area contributed by atoms with E-state index in [1.54, 1.807) is 23.1 Å². The molecule has 1 aliphatic heterocycles. The zero-order valence-electron chi connectivity index (χ0n) is 26.0. The van der Waals surface area contributed by atoms with E-state index in [-0.39, 0.29) is 37.7 Å². The summed E-state index contributed by atoms with van der Waals surface area (Å²) in [5.41, 5.74) is 18.4. The van der Waals surface area contributed by atoms with Gasteiger partial charge in [0.1, 0.15) is 0 Å². The summed E-state index contributed by atoms with van der Waals surface area (Å²) in [6.07, 6.45) is -3.14. The van der Waals surface area contributed by atoms with Crippen molar-refractivity contribution in [1.29, 1.82) is 0 Å². The van der Waals surface area contributed by atoms with E-state index < -0.39 is 36.4 Å². The highest BCUT2D eigenvalue weighted by atomic mass is 19.4. The quantitative estimate of drug-likeness (QED) is 0.136. The highest BCUT2D eigenvalue weighted by Crippen LogP contribution is 2.30. The Bertz CT molecular complexity index is 1270. The van der Waals surface area contributed by atoms with Crippen LogP contribution in [0.5, 0.6) is 0 Å². The van der Waals surface area contributed by atoms with Gasteiger partial charge in [-0.1, -0.05) is 25.1 Å². The number of fused-ring (bicyclic) bond motifs is 1. The molecule has 1 heterocycles. The van der Waals surface area contributed by atoms with Gasteiger partial charge in [0.25, 0.3) is 5.91 Å². The third-order valence-electron chi connectivity index (χ3n) is 7.19. The molecule has 2 aromatic carbocycles. The van der Waals surface area contributed by atoms with Crippen LogP contribution >= 0.6 is 0 Å². The van der Waals surface area contributed by atoms with Crippen molar-refractivity contribution in [3.05, 3.63) is 64.7 Å². The summed E-state index contributed by atoms with van der Waals surface area (Å²) in [4.78, 5) is 38.3. The van der Waals surface area contributed by atoms with Gasteiger partial charge in [-0.25, -0.2) is 0 Å². The largest absolute Gasteiger partial charge is 0.492 e. The van der Waals surface area contributed by atoms with Crippen molar-refractivity contribution in [2.24, 2.45) is 17.2 Å². The predicted octanol–water partition coefficient (Wildman–Crippen LogP) is 0.607. The highest BCUT2D eigenvalue weighted by Gasteiger charge is 2.40. The number of aryl methyl sites for hydroxylation is 1. The third-order valence-corrected chi connectivity index (χ3v) is 7.19. The Hall–Kier alpha value is -3.50. The van der Waals surface area contributed by atoms with Gasteiger partial charge in [0.2, 0.25) is 11.8 Å². The van der Waals surface area contributed by atoms with Crippen LogP contribution in [0.3, 0.4) is 0 Å². The molecule has 9 N–H and O–H groups in total. The molecule has 11 nitrogen and oxygen atoms in total. The first-order valence-electron chi connectivity index (χ1n) is 14.8. The SMILES string of the molecule is CC1(C)OB(O)c2cc(C(=O)NCCNC(=O)C(N)CCC(=O)N(CCN)CCN)ccc21.CCc1ccc(C(F)(F)F)cc1. The van der Waals surface area contributed by atoms with Crippen molar-refractivity contribution in [3.63, 3.8) is 0 Å². The van der Waals surface area contributed by atoms with Gasteiger partial charge in [0, 0.05) is 51.3 Å². The smallest absolute Gasteiger partial charge is 0.423 e. The summed E-state index contributed by atoms with van der Waals surface area (Å²) in [6.45, 7) is 7.46. The molecule has 0 radical (unpaired) electrons. The number of carbonyl (C=O) groups is 3. The van der Waals surface area contributed by atoms with Gasteiger partial charge in [-0.15, -0.1) is 0 Å². The van der Waals surface area contributed by atoms with E-state index in [1.165, 1.54) is 12.1 Å². The van der Waals surface area contributed by atoms with Gasteiger partial charge in [-0.3, -0.25) is 14.4 Å². The number of hydrogen-bond acceptors (Lipinski definition) is 8. The molecule has 0 aliphatic carbocycles. The first-order chi connectivity index (χ1) is 21.1. The zero-order chi connectivity index (χ0) is 33.8. The van der Waals surface area contributed by atoms with E-state index in [0.29, 0.717) is 37.2 Å². The molecule has 1 atom stereocenters. The number of nitrogens with two attached hydrogens (primary N) is 3. The van der Waals surface area contributed by atoms with E-state index >= 15 is 0 Å². The number of halogens is 3. The highest BCUT2D eigenvalue weighted by molar-refractivity contribution is 6.62. The van der Waals surface area contributed by atoms with Crippen LogP contribution in [0.15, 0.2) is 42.5 Å². The second-order valence-electron chi connectivity index (χ2n) is 11.0. The maximum atomic E-state index is 12.4. The molecule has 0 saturated carbocycles. The van der Waals surface area contributed by atoms with Crippen molar-refractivity contribution in [1.82, 2.24) is 15.5 Å². The zero-order valence-corrected chi connectivity index (χ0v) is 26.0. The monoisotopic (exact) mass is 636 g/mol. The summed E-state index contributed by atoms with van der Waals surface area (Å²) in [6, 6.07) is 9.42. The molecule has 1 aliphatic rings. The van der Waals surface area contributed by atoms with Crippen LogP contribution in [0.4, 0.5) is 13.2 Å². The summed E-state index contributed by atoms with van der Waals surface area (Å²) in [5, 5.41) is 15.4. The van der Waals surface area contributed by atoms with E-state index in [4.69, 9.17) is 21.9 Å². The second-order valence-corrected chi connectivity index (χ2v) is 11.0. The van der Waals surface area contributed by atoms with Crippen LogP contribution in [-0.2, 0) is 32.4 Å². The fourth-order valence-electron chi connectivity index (χ4n) is 4.63. The third kappa shape index (κ3) is 11.4. The number of rotatable bonds is 13. The summed E-state index contributed by atoms with van der Waals surface area (Å²) in [7, 11) is -1.08. The minimum absolute atomic E-state index is 0.121. The molecule has 0 aromatic heterocycles. The van der Waals surface area contributed by atoms with Gasteiger partial charge in [0.05, 0.1) is 17.2 Å². The van der Waals surface area contributed by atoms with Crippen molar-refractivity contribution in [2.45, 2.75) is 57.9 Å².